The van der Waals surface area contributed by atoms with E-state index in [2.05, 4.69) is 22.3 Å². The molecule has 0 aliphatic carbocycles. The SMILES string of the molecule is O=C(Nc1ccc(CN2CCCC2)cc1)c1ccccc1. The van der Waals surface area contributed by atoms with E-state index in [0.717, 1.165) is 12.2 Å². The predicted molar refractivity (Wildman–Crippen MR) is 85.3 cm³/mol. The molecule has 108 valence electrons. The van der Waals surface area contributed by atoms with Crippen molar-refractivity contribution >= 4 is 11.6 Å². The molecule has 0 bridgehead atoms. The molecule has 1 saturated heterocycles. The number of likely N-dealkylation sites (tertiary alicyclic amines) is 1. The van der Waals surface area contributed by atoms with Crippen molar-refractivity contribution in [2.45, 2.75) is 19.4 Å². The minimum atomic E-state index is -0.0668. The molecule has 3 nitrogen and oxygen atoms in total. The van der Waals surface area contributed by atoms with Crippen molar-refractivity contribution in [3.05, 3.63) is 65.7 Å². The molecule has 3 rings (SSSR count). The minimum Gasteiger partial charge on any atom is -0.322 e. The lowest BCUT2D eigenvalue weighted by Gasteiger charge is -2.14. The molecule has 1 heterocycles. The van der Waals surface area contributed by atoms with Crippen molar-refractivity contribution < 1.29 is 4.79 Å². The van der Waals surface area contributed by atoms with Crippen molar-refractivity contribution in [3.63, 3.8) is 0 Å². The summed E-state index contributed by atoms with van der Waals surface area (Å²) in [7, 11) is 0. The molecule has 1 aliphatic heterocycles. The molecule has 0 unspecified atom stereocenters. The first kappa shape index (κ1) is 13.8. The molecule has 0 aromatic heterocycles. The van der Waals surface area contributed by atoms with E-state index in [1.54, 1.807) is 0 Å². The second-order valence-corrected chi connectivity index (χ2v) is 5.50. The molecule has 0 saturated carbocycles. The van der Waals surface area contributed by atoms with Gasteiger partial charge in [-0.15, -0.1) is 0 Å². The molecule has 1 aliphatic rings. The lowest BCUT2D eigenvalue weighted by molar-refractivity contribution is 0.102. The minimum absolute atomic E-state index is 0.0668. The highest BCUT2D eigenvalue weighted by molar-refractivity contribution is 6.04. The number of benzene rings is 2. The largest absolute Gasteiger partial charge is 0.322 e. The Kier molecular flexibility index (Phi) is 4.31. The molecular weight excluding hydrogens is 260 g/mol. The van der Waals surface area contributed by atoms with Crippen molar-refractivity contribution in [3.8, 4) is 0 Å². The fourth-order valence-electron chi connectivity index (χ4n) is 2.69. The Hall–Kier alpha value is -2.13. The summed E-state index contributed by atoms with van der Waals surface area (Å²) in [4.78, 5) is 14.5. The van der Waals surface area contributed by atoms with Gasteiger partial charge in [-0.25, -0.2) is 0 Å². The van der Waals surface area contributed by atoms with E-state index in [0.29, 0.717) is 5.56 Å². The monoisotopic (exact) mass is 280 g/mol. The summed E-state index contributed by atoms with van der Waals surface area (Å²) < 4.78 is 0. The second kappa shape index (κ2) is 6.55. The quantitative estimate of drug-likeness (QED) is 0.929. The summed E-state index contributed by atoms with van der Waals surface area (Å²) in [6.45, 7) is 3.41. The highest BCUT2D eigenvalue weighted by Crippen LogP contribution is 2.15. The number of carbonyl (C=O) groups excluding carboxylic acids is 1. The molecule has 21 heavy (non-hydrogen) atoms. The Morgan fingerprint density at radius 2 is 1.62 bits per heavy atom. The molecule has 3 heteroatoms. The van der Waals surface area contributed by atoms with Crippen LogP contribution in [0.3, 0.4) is 0 Å². The van der Waals surface area contributed by atoms with E-state index in [4.69, 9.17) is 0 Å². The van der Waals surface area contributed by atoms with Gasteiger partial charge in [-0.2, -0.15) is 0 Å². The van der Waals surface area contributed by atoms with E-state index >= 15 is 0 Å². The second-order valence-electron chi connectivity index (χ2n) is 5.50. The third kappa shape index (κ3) is 3.70. The van der Waals surface area contributed by atoms with Crippen molar-refractivity contribution in [2.75, 3.05) is 18.4 Å². The van der Waals surface area contributed by atoms with Crippen LogP contribution in [0, 0.1) is 0 Å². The Labute approximate surface area is 125 Å². The number of rotatable bonds is 4. The summed E-state index contributed by atoms with van der Waals surface area (Å²) in [5, 5.41) is 2.93. The molecule has 0 atom stereocenters. The van der Waals surface area contributed by atoms with Crippen LogP contribution in [0.5, 0.6) is 0 Å². The van der Waals surface area contributed by atoms with E-state index in [-0.39, 0.29) is 5.91 Å². The maximum atomic E-state index is 12.1. The summed E-state index contributed by atoms with van der Waals surface area (Å²) in [6.07, 6.45) is 2.62. The summed E-state index contributed by atoms with van der Waals surface area (Å²) in [6, 6.07) is 17.4. The number of hydrogen-bond donors (Lipinski definition) is 1. The highest BCUT2D eigenvalue weighted by atomic mass is 16.1. The first-order valence-corrected chi connectivity index (χ1v) is 7.49. The van der Waals surface area contributed by atoms with Crippen LogP contribution in [0.1, 0.15) is 28.8 Å². The van der Waals surface area contributed by atoms with Crippen molar-refractivity contribution in [1.29, 1.82) is 0 Å². The fourth-order valence-corrected chi connectivity index (χ4v) is 2.69. The van der Waals surface area contributed by atoms with Crippen LogP contribution in [0.25, 0.3) is 0 Å². The van der Waals surface area contributed by atoms with Gasteiger partial charge in [-0.1, -0.05) is 30.3 Å². The third-order valence-electron chi connectivity index (χ3n) is 3.85. The Morgan fingerprint density at radius 3 is 2.29 bits per heavy atom. The number of amides is 1. The van der Waals surface area contributed by atoms with Crippen molar-refractivity contribution in [2.24, 2.45) is 0 Å². The molecule has 1 N–H and O–H groups in total. The number of nitrogens with zero attached hydrogens (tertiary/aromatic N) is 1. The number of carbonyl (C=O) groups is 1. The Balaban J connectivity index is 1.60. The number of nitrogens with one attached hydrogen (secondary N) is 1. The Morgan fingerprint density at radius 1 is 0.952 bits per heavy atom. The summed E-state index contributed by atoms with van der Waals surface area (Å²) in [5.41, 5.74) is 2.82. The van der Waals surface area contributed by atoms with Gasteiger partial charge in [0.05, 0.1) is 0 Å². The van der Waals surface area contributed by atoms with Crippen LogP contribution in [-0.4, -0.2) is 23.9 Å². The van der Waals surface area contributed by atoms with E-state index in [1.807, 2.05) is 42.5 Å². The van der Waals surface area contributed by atoms with Gasteiger partial charge in [0.2, 0.25) is 0 Å². The van der Waals surface area contributed by atoms with Gasteiger partial charge < -0.3 is 5.32 Å². The summed E-state index contributed by atoms with van der Waals surface area (Å²) >= 11 is 0. The average Bonchev–Trinajstić information content (AvgIpc) is 3.03. The zero-order chi connectivity index (χ0) is 14.5. The van der Waals surface area contributed by atoms with Gasteiger partial charge in [0.1, 0.15) is 0 Å². The number of anilines is 1. The molecule has 1 amide bonds. The smallest absolute Gasteiger partial charge is 0.255 e. The molecule has 2 aromatic rings. The van der Waals surface area contributed by atoms with Crippen LogP contribution < -0.4 is 5.32 Å². The van der Waals surface area contributed by atoms with Gasteiger partial charge in [0.15, 0.2) is 0 Å². The first-order chi connectivity index (χ1) is 10.3. The van der Waals surface area contributed by atoms with Crippen LogP contribution in [-0.2, 0) is 6.54 Å². The molecular formula is C18H20N2O. The molecule has 0 radical (unpaired) electrons. The maximum absolute atomic E-state index is 12.1. The van der Waals surface area contributed by atoms with Gasteiger partial charge in [-0.3, -0.25) is 9.69 Å². The van der Waals surface area contributed by atoms with Crippen LogP contribution >= 0.6 is 0 Å². The van der Waals surface area contributed by atoms with Crippen molar-refractivity contribution in [1.82, 2.24) is 4.90 Å². The maximum Gasteiger partial charge on any atom is 0.255 e. The lowest BCUT2D eigenvalue weighted by atomic mass is 10.1. The predicted octanol–water partition coefficient (Wildman–Crippen LogP) is 3.53. The summed E-state index contributed by atoms with van der Waals surface area (Å²) in [5.74, 6) is -0.0668. The zero-order valence-corrected chi connectivity index (χ0v) is 12.1. The zero-order valence-electron chi connectivity index (χ0n) is 12.1. The standard InChI is InChI=1S/C18H20N2O/c21-18(16-6-2-1-3-7-16)19-17-10-8-15(9-11-17)14-20-12-4-5-13-20/h1-3,6-11H,4-5,12-14H2,(H,19,21). The average molecular weight is 280 g/mol. The van der Waals surface area contributed by atoms with Crippen LogP contribution in [0.15, 0.2) is 54.6 Å². The normalized spacial score (nSPS) is 15.0. The molecule has 1 fully saturated rings. The Bertz CT molecular complexity index is 586. The van der Waals surface area contributed by atoms with E-state index < -0.39 is 0 Å². The number of hydrogen-bond acceptors (Lipinski definition) is 2. The van der Waals surface area contributed by atoms with E-state index in [9.17, 15) is 4.79 Å². The van der Waals surface area contributed by atoms with Gasteiger partial charge in [0.25, 0.3) is 5.91 Å². The van der Waals surface area contributed by atoms with Crippen LogP contribution in [0.2, 0.25) is 0 Å². The fraction of sp³-hybridized carbons (Fsp3) is 0.278. The molecule has 0 spiro atoms. The van der Waals surface area contributed by atoms with Gasteiger partial charge >= 0.3 is 0 Å². The lowest BCUT2D eigenvalue weighted by Crippen LogP contribution is -2.18. The molecule has 2 aromatic carbocycles. The van der Waals surface area contributed by atoms with E-state index in [1.165, 1.54) is 31.5 Å². The topological polar surface area (TPSA) is 32.3 Å². The first-order valence-electron chi connectivity index (χ1n) is 7.49. The van der Waals surface area contributed by atoms with Gasteiger partial charge in [-0.05, 0) is 55.8 Å². The third-order valence-corrected chi connectivity index (χ3v) is 3.85. The van der Waals surface area contributed by atoms with Gasteiger partial charge in [0, 0.05) is 17.8 Å². The van der Waals surface area contributed by atoms with Crippen LogP contribution in [0.4, 0.5) is 5.69 Å². The highest BCUT2D eigenvalue weighted by Gasteiger charge is 2.11.